The minimum Gasteiger partial charge on any atom is -0.481 e. The Bertz CT molecular complexity index is 671. The van der Waals surface area contributed by atoms with Crippen LogP contribution in [0.4, 0.5) is 5.69 Å². The van der Waals surface area contributed by atoms with Crippen LogP contribution in [0.3, 0.4) is 0 Å². The number of hydrogen-bond acceptors (Lipinski definition) is 3. The van der Waals surface area contributed by atoms with Crippen LogP contribution in [0.5, 0.6) is 0 Å². The molecule has 6 heteroatoms. The standard InChI is InChI=1S/C17H20N2O4/c1-10(20)19-8-7-11-9-12(5-6-15(11)19)16(21)18-14-4-2-3-13(14)17(22)23/h5-6,9,13-14H,2-4,7-8H2,1H3,(H,18,21)(H,22,23)/t13-,14+/m0/s1. The van der Waals surface area contributed by atoms with Crippen molar-refractivity contribution >= 4 is 23.5 Å². The fourth-order valence-corrected chi connectivity index (χ4v) is 3.55. The van der Waals surface area contributed by atoms with Gasteiger partial charge in [0.1, 0.15) is 0 Å². The number of benzene rings is 1. The molecule has 2 aliphatic rings. The van der Waals surface area contributed by atoms with Crippen molar-refractivity contribution in [2.45, 2.75) is 38.6 Å². The first-order chi connectivity index (χ1) is 11.0. The van der Waals surface area contributed by atoms with Gasteiger partial charge in [-0.15, -0.1) is 0 Å². The lowest BCUT2D eigenvalue weighted by Crippen LogP contribution is -2.40. The number of nitrogens with zero attached hydrogens (tertiary/aromatic N) is 1. The minimum absolute atomic E-state index is 0.00351. The molecule has 0 aromatic heterocycles. The highest BCUT2D eigenvalue weighted by Crippen LogP contribution is 2.30. The monoisotopic (exact) mass is 316 g/mol. The van der Waals surface area contributed by atoms with Gasteiger partial charge in [-0.3, -0.25) is 14.4 Å². The fourth-order valence-electron chi connectivity index (χ4n) is 3.55. The number of rotatable bonds is 3. The van der Waals surface area contributed by atoms with Crippen molar-refractivity contribution in [1.29, 1.82) is 0 Å². The van der Waals surface area contributed by atoms with Crippen LogP contribution in [0.1, 0.15) is 42.1 Å². The topological polar surface area (TPSA) is 86.7 Å². The van der Waals surface area contributed by atoms with Crippen LogP contribution < -0.4 is 10.2 Å². The number of aliphatic carboxylic acids is 1. The van der Waals surface area contributed by atoms with E-state index in [9.17, 15) is 19.5 Å². The average molecular weight is 316 g/mol. The molecule has 23 heavy (non-hydrogen) atoms. The summed E-state index contributed by atoms with van der Waals surface area (Å²) in [5.74, 6) is -1.59. The zero-order valence-corrected chi connectivity index (χ0v) is 13.0. The van der Waals surface area contributed by atoms with Crippen LogP contribution in [0.25, 0.3) is 0 Å². The zero-order valence-electron chi connectivity index (χ0n) is 13.0. The maximum Gasteiger partial charge on any atom is 0.308 e. The third-order valence-corrected chi connectivity index (χ3v) is 4.77. The Morgan fingerprint density at radius 3 is 2.74 bits per heavy atom. The van der Waals surface area contributed by atoms with Crippen molar-refractivity contribution in [3.63, 3.8) is 0 Å². The van der Waals surface area contributed by atoms with E-state index in [0.717, 1.165) is 24.1 Å². The molecular weight excluding hydrogens is 296 g/mol. The number of carbonyl (C=O) groups excluding carboxylic acids is 2. The number of carboxylic acids is 1. The first-order valence-electron chi connectivity index (χ1n) is 7.92. The van der Waals surface area contributed by atoms with E-state index in [2.05, 4.69) is 5.32 Å². The van der Waals surface area contributed by atoms with Gasteiger partial charge in [0.15, 0.2) is 0 Å². The second-order valence-corrected chi connectivity index (χ2v) is 6.22. The molecule has 2 amide bonds. The summed E-state index contributed by atoms with van der Waals surface area (Å²) in [5, 5.41) is 12.0. The molecule has 1 saturated carbocycles. The Balaban J connectivity index is 1.74. The molecule has 0 radical (unpaired) electrons. The van der Waals surface area contributed by atoms with E-state index in [0.29, 0.717) is 24.9 Å². The van der Waals surface area contributed by atoms with E-state index in [4.69, 9.17) is 0 Å². The van der Waals surface area contributed by atoms with Gasteiger partial charge in [-0.05, 0) is 43.0 Å². The smallest absolute Gasteiger partial charge is 0.308 e. The third-order valence-electron chi connectivity index (χ3n) is 4.77. The van der Waals surface area contributed by atoms with Gasteiger partial charge >= 0.3 is 5.97 Å². The largest absolute Gasteiger partial charge is 0.481 e. The number of carbonyl (C=O) groups is 3. The molecule has 3 rings (SSSR count). The van der Waals surface area contributed by atoms with Gasteiger partial charge < -0.3 is 15.3 Å². The Labute approximate surface area is 134 Å². The maximum atomic E-state index is 12.4. The van der Waals surface area contributed by atoms with Crippen LogP contribution in [-0.2, 0) is 16.0 Å². The molecule has 122 valence electrons. The quantitative estimate of drug-likeness (QED) is 0.886. The molecule has 1 fully saturated rings. The Morgan fingerprint density at radius 1 is 1.26 bits per heavy atom. The Morgan fingerprint density at radius 2 is 2.04 bits per heavy atom. The first kappa shape index (κ1) is 15.5. The van der Waals surface area contributed by atoms with E-state index in [1.807, 2.05) is 0 Å². The van der Waals surface area contributed by atoms with Crippen molar-refractivity contribution < 1.29 is 19.5 Å². The minimum atomic E-state index is -0.848. The summed E-state index contributed by atoms with van der Waals surface area (Å²) in [5.41, 5.74) is 2.36. The number of nitrogens with one attached hydrogen (secondary N) is 1. The van der Waals surface area contributed by atoms with Gasteiger partial charge in [0.05, 0.1) is 5.92 Å². The van der Waals surface area contributed by atoms with Crippen LogP contribution in [0.15, 0.2) is 18.2 Å². The molecule has 0 spiro atoms. The molecule has 1 aliphatic carbocycles. The van der Waals surface area contributed by atoms with E-state index in [-0.39, 0.29) is 17.9 Å². The number of fused-ring (bicyclic) bond motifs is 1. The van der Waals surface area contributed by atoms with E-state index in [1.165, 1.54) is 6.92 Å². The SMILES string of the molecule is CC(=O)N1CCc2cc(C(=O)N[C@@H]3CCC[C@@H]3C(=O)O)ccc21. The number of hydrogen-bond donors (Lipinski definition) is 2. The Kier molecular flexibility index (Phi) is 4.07. The number of carboxylic acid groups (broad SMARTS) is 1. The van der Waals surface area contributed by atoms with E-state index in [1.54, 1.807) is 23.1 Å². The predicted molar refractivity (Wildman–Crippen MR) is 84.4 cm³/mol. The highest BCUT2D eigenvalue weighted by molar-refractivity contribution is 5.98. The van der Waals surface area contributed by atoms with Crippen molar-refractivity contribution in [2.24, 2.45) is 5.92 Å². The molecule has 1 heterocycles. The molecule has 1 aromatic rings. The zero-order chi connectivity index (χ0) is 16.6. The van der Waals surface area contributed by atoms with Crippen molar-refractivity contribution in [3.8, 4) is 0 Å². The van der Waals surface area contributed by atoms with E-state index < -0.39 is 11.9 Å². The number of anilines is 1. The lowest BCUT2D eigenvalue weighted by Gasteiger charge is -2.18. The summed E-state index contributed by atoms with van der Waals surface area (Å²) in [6.07, 6.45) is 2.86. The van der Waals surface area contributed by atoms with Gasteiger partial charge in [0.25, 0.3) is 5.91 Å². The molecule has 0 bridgehead atoms. The van der Waals surface area contributed by atoms with Crippen molar-refractivity contribution in [2.75, 3.05) is 11.4 Å². The molecule has 1 aliphatic heterocycles. The van der Waals surface area contributed by atoms with Crippen molar-refractivity contribution in [3.05, 3.63) is 29.3 Å². The van der Waals surface area contributed by atoms with Crippen LogP contribution >= 0.6 is 0 Å². The van der Waals surface area contributed by atoms with Gasteiger partial charge in [-0.25, -0.2) is 0 Å². The summed E-state index contributed by atoms with van der Waals surface area (Å²) >= 11 is 0. The normalized spacial score (nSPS) is 22.7. The number of amides is 2. The first-order valence-corrected chi connectivity index (χ1v) is 7.92. The van der Waals surface area contributed by atoms with Crippen LogP contribution in [0.2, 0.25) is 0 Å². The summed E-state index contributed by atoms with van der Waals surface area (Å²) in [6, 6.07) is 4.99. The van der Waals surface area contributed by atoms with Gasteiger partial charge in [0.2, 0.25) is 5.91 Å². The van der Waals surface area contributed by atoms with Gasteiger partial charge in [-0.2, -0.15) is 0 Å². The highest BCUT2D eigenvalue weighted by atomic mass is 16.4. The summed E-state index contributed by atoms with van der Waals surface area (Å²) < 4.78 is 0. The summed E-state index contributed by atoms with van der Waals surface area (Å²) in [4.78, 5) is 36.8. The molecular formula is C17H20N2O4. The second kappa shape index (κ2) is 6.02. The van der Waals surface area contributed by atoms with E-state index >= 15 is 0 Å². The Hall–Kier alpha value is -2.37. The molecule has 2 N–H and O–H groups in total. The third kappa shape index (κ3) is 2.93. The summed E-state index contributed by atoms with van der Waals surface area (Å²) in [6.45, 7) is 2.17. The average Bonchev–Trinajstić information content (AvgIpc) is 3.12. The predicted octanol–water partition coefficient (Wildman–Crippen LogP) is 1.58. The van der Waals surface area contributed by atoms with Crippen LogP contribution in [0, 0.1) is 5.92 Å². The second-order valence-electron chi connectivity index (χ2n) is 6.22. The molecule has 0 saturated heterocycles. The lowest BCUT2D eigenvalue weighted by molar-refractivity contribution is -0.142. The van der Waals surface area contributed by atoms with Crippen LogP contribution in [-0.4, -0.2) is 35.5 Å². The van der Waals surface area contributed by atoms with Gasteiger partial charge in [0, 0.05) is 30.8 Å². The molecule has 6 nitrogen and oxygen atoms in total. The lowest BCUT2D eigenvalue weighted by atomic mass is 10.0. The fraction of sp³-hybridized carbons (Fsp3) is 0.471. The highest BCUT2D eigenvalue weighted by Gasteiger charge is 2.34. The van der Waals surface area contributed by atoms with Gasteiger partial charge in [-0.1, -0.05) is 6.42 Å². The van der Waals surface area contributed by atoms with Crippen molar-refractivity contribution in [1.82, 2.24) is 5.32 Å². The maximum absolute atomic E-state index is 12.4. The summed E-state index contributed by atoms with van der Waals surface area (Å²) in [7, 11) is 0. The molecule has 0 unspecified atom stereocenters. The molecule has 2 atom stereocenters. The molecule has 1 aromatic carbocycles.